The van der Waals surface area contributed by atoms with Crippen LogP contribution in [0.5, 0.6) is 0 Å². The van der Waals surface area contributed by atoms with E-state index in [9.17, 15) is 14.3 Å². The molecule has 1 aromatic heterocycles. The molecule has 190 valence electrons. The number of carbonyl (C=O) groups is 1. The Hall–Kier alpha value is -4.30. The second-order valence-corrected chi connectivity index (χ2v) is 9.31. The quantitative estimate of drug-likeness (QED) is 0.256. The van der Waals surface area contributed by atoms with Crippen LogP contribution in [0, 0.1) is 5.82 Å². The highest BCUT2D eigenvalue weighted by atomic mass is 19.1. The minimum Gasteiger partial charge on any atom is -0.393 e. The summed E-state index contributed by atoms with van der Waals surface area (Å²) in [6.45, 7) is 1.74. The molecule has 7 nitrogen and oxygen atoms in total. The van der Waals surface area contributed by atoms with Crippen LogP contribution >= 0.6 is 0 Å². The molecule has 0 spiro atoms. The first-order valence-electron chi connectivity index (χ1n) is 12.3. The number of amides is 1. The van der Waals surface area contributed by atoms with Crippen molar-refractivity contribution in [3.63, 3.8) is 0 Å². The van der Waals surface area contributed by atoms with Crippen molar-refractivity contribution < 1.29 is 14.3 Å². The summed E-state index contributed by atoms with van der Waals surface area (Å²) >= 11 is 0. The molecular weight excluding hydrogens is 469 g/mol. The molecule has 5 rings (SSSR count). The number of aryl methyl sites for hydroxylation is 1. The third kappa shape index (κ3) is 6.10. The van der Waals surface area contributed by atoms with Crippen LogP contribution in [0.25, 0.3) is 0 Å². The van der Waals surface area contributed by atoms with E-state index in [4.69, 9.17) is 0 Å². The lowest BCUT2D eigenvalue weighted by Gasteiger charge is -2.31. The molecule has 0 bridgehead atoms. The van der Waals surface area contributed by atoms with Gasteiger partial charge in [-0.1, -0.05) is 0 Å². The number of aromatic nitrogens is 1. The molecule has 1 aliphatic rings. The second-order valence-electron chi connectivity index (χ2n) is 9.31. The molecule has 1 aliphatic heterocycles. The average molecular weight is 500 g/mol. The predicted molar refractivity (Wildman–Crippen MR) is 147 cm³/mol. The summed E-state index contributed by atoms with van der Waals surface area (Å²) in [6, 6.07) is 22.1. The monoisotopic (exact) mass is 499 g/mol. The summed E-state index contributed by atoms with van der Waals surface area (Å²) in [5, 5.41) is 18.9. The zero-order valence-electron chi connectivity index (χ0n) is 20.6. The van der Waals surface area contributed by atoms with Gasteiger partial charge in [0.05, 0.1) is 17.4 Å². The number of nitrogens with one attached hydrogen (secondary N) is 3. The molecule has 0 unspecified atom stereocenters. The number of benzene rings is 3. The molecule has 0 aliphatic carbocycles. The number of piperidine rings is 1. The lowest BCUT2D eigenvalue weighted by Crippen LogP contribution is -2.35. The van der Waals surface area contributed by atoms with Crippen LogP contribution in [0.4, 0.5) is 38.5 Å². The number of halogens is 1. The average Bonchev–Trinajstić information content (AvgIpc) is 3.34. The first kappa shape index (κ1) is 24.4. The van der Waals surface area contributed by atoms with Gasteiger partial charge < -0.3 is 30.5 Å². The minimum atomic E-state index is -0.462. The Kier molecular flexibility index (Phi) is 7.09. The van der Waals surface area contributed by atoms with Crippen LogP contribution in [-0.2, 0) is 7.05 Å². The van der Waals surface area contributed by atoms with Gasteiger partial charge in [-0.2, -0.15) is 0 Å². The summed E-state index contributed by atoms with van der Waals surface area (Å²) in [5.41, 5.74) is 5.01. The van der Waals surface area contributed by atoms with E-state index in [1.165, 1.54) is 6.07 Å². The van der Waals surface area contributed by atoms with Gasteiger partial charge in [0.15, 0.2) is 0 Å². The summed E-state index contributed by atoms with van der Waals surface area (Å²) in [7, 11) is 1.83. The minimum absolute atomic E-state index is 0.182. The first-order valence-corrected chi connectivity index (χ1v) is 12.3. The van der Waals surface area contributed by atoms with E-state index in [2.05, 4.69) is 33.0 Å². The van der Waals surface area contributed by atoms with Gasteiger partial charge >= 0.3 is 0 Å². The fraction of sp³-hybridized carbons (Fsp3) is 0.207. The zero-order valence-corrected chi connectivity index (χ0v) is 20.6. The summed E-state index contributed by atoms with van der Waals surface area (Å²) in [5.74, 6) is -0.749. The van der Waals surface area contributed by atoms with Gasteiger partial charge in [-0.25, -0.2) is 4.39 Å². The highest BCUT2D eigenvalue weighted by molar-refractivity contribution is 6.04. The summed E-state index contributed by atoms with van der Waals surface area (Å²) < 4.78 is 16.5. The maximum atomic E-state index is 14.7. The Morgan fingerprint density at radius 3 is 2.05 bits per heavy atom. The number of hydrogen-bond acceptors (Lipinski definition) is 5. The Morgan fingerprint density at radius 2 is 1.46 bits per heavy atom. The largest absolute Gasteiger partial charge is 0.393 e. The van der Waals surface area contributed by atoms with Crippen LogP contribution < -0.4 is 20.9 Å². The Morgan fingerprint density at radius 1 is 0.865 bits per heavy atom. The molecular formula is C29H30FN5O2. The molecule has 37 heavy (non-hydrogen) atoms. The fourth-order valence-corrected chi connectivity index (χ4v) is 4.37. The van der Waals surface area contributed by atoms with Crippen LogP contribution in [0.15, 0.2) is 85.2 Å². The number of carbonyl (C=O) groups excluding carboxylic acids is 1. The normalized spacial score (nSPS) is 13.9. The van der Waals surface area contributed by atoms with Crippen molar-refractivity contribution >= 4 is 40.0 Å². The second kappa shape index (κ2) is 10.8. The molecule has 0 atom stereocenters. The van der Waals surface area contributed by atoms with Gasteiger partial charge in [0, 0.05) is 61.0 Å². The van der Waals surface area contributed by atoms with E-state index in [0.717, 1.165) is 48.7 Å². The van der Waals surface area contributed by atoms with E-state index in [1.54, 1.807) is 35.2 Å². The van der Waals surface area contributed by atoms with Gasteiger partial charge in [0.25, 0.3) is 5.91 Å². The number of hydrogen-bond donors (Lipinski definition) is 4. The van der Waals surface area contributed by atoms with Gasteiger partial charge in [-0.05, 0) is 85.6 Å². The van der Waals surface area contributed by atoms with Gasteiger partial charge in [-0.15, -0.1) is 0 Å². The molecule has 1 fully saturated rings. The maximum absolute atomic E-state index is 14.7. The lowest BCUT2D eigenvalue weighted by molar-refractivity contribution is 0.102. The van der Waals surface area contributed by atoms with E-state index >= 15 is 0 Å². The van der Waals surface area contributed by atoms with Crippen LogP contribution in [0.1, 0.15) is 23.2 Å². The molecule has 4 N–H and O–H groups in total. The molecule has 3 aromatic carbocycles. The molecule has 1 amide bonds. The topological polar surface area (TPSA) is 81.6 Å². The number of anilines is 6. The van der Waals surface area contributed by atoms with Crippen molar-refractivity contribution in [2.75, 3.05) is 33.9 Å². The number of rotatable bonds is 7. The third-order valence-corrected chi connectivity index (χ3v) is 6.47. The molecule has 2 heterocycles. The Balaban J connectivity index is 1.17. The Bertz CT molecular complexity index is 1360. The van der Waals surface area contributed by atoms with Gasteiger partial charge in [0.2, 0.25) is 0 Å². The maximum Gasteiger partial charge on any atom is 0.257 e. The molecule has 4 aromatic rings. The highest BCUT2D eigenvalue weighted by Crippen LogP contribution is 2.27. The third-order valence-electron chi connectivity index (χ3n) is 6.47. The van der Waals surface area contributed by atoms with Crippen molar-refractivity contribution in [1.29, 1.82) is 0 Å². The van der Waals surface area contributed by atoms with Crippen LogP contribution in [0.3, 0.4) is 0 Å². The number of nitrogens with zero attached hydrogens (tertiary/aromatic N) is 2. The molecule has 1 saturated heterocycles. The standard InChI is InChI=1S/C29H30FN5O2/c1-34-15-12-20(19-34)29(37)33-24-8-11-28(27(30)18-24)32-23-4-2-21(3-5-23)31-22-6-9-25(10-7-22)35-16-13-26(36)14-17-35/h2-12,15,18-19,26,31-32,36H,13-14,16-17H2,1H3,(H,33,37). The van der Waals surface area contributed by atoms with Gasteiger partial charge in [-0.3, -0.25) is 4.79 Å². The SMILES string of the molecule is Cn1ccc(C(=O)Nc2ccc(Nc3ccc(Nc4ccc(N5CCC(O)CC5)cc4)cc3)c(F)c2)c1. The van der Waals surface area contributed by atoms with Crippen molar-refractivity contribution in [3.05, 3.63) is 96.6 Å². The number of aliphatic hydroxyl groups excluding tert-OH is 1. The van der Waals surface area contributed by atoms with Crippen molar-refractivity contribution in [2.24, 2.45) is 7.05 Å². The van der Waals surface area contributed by atoms with E-state index in [1.807, 2.05) is 43.4 Å². The van der Waals surface area contributed by atoms with E-state index in [0.29, 0.717) is 16.9 Å². The van der Waals surface area contributed by atoms with Crippen LogP contribution in [-0.4, -0.2) is 34.8 Å². The Labute approximate surface area is 215 Å². The molecule has 8 heteroatoms. The molecule has 0 saturated carbocycles. The number of aliphatic hydroxyl groups is 1. The van der Waals surface area contributed by atoms with Crippen molar-refractivity contribution in [2.45, 2.75) is 18.9 Å². The van der Waals surface area contributed by atoms with Crippen molar-refractivity contribution in [1.82, 2.24) is 4.57 Å². The lowest BCUT2D eigenvalue weighted by atomic mass is 10.1. The fourth-order valence-electron chi connectivity index (χ4n) is 4.37. The molecule has 0 radical (unpaired) electrons. The van der Waals surface area contributed by atoms with E-state index < -0.39 is 5.82 Å². The van der Waals surface area contributed by atoms with E-state index in [-0.39, 0.29) is 12.0 Å². The highest BCUT2D eigenvalue weighted by Gasteiger charge is 2.17. The van der Waals surface area contributed by atoms with Crippen molar-refractivity contribution in [3.8, 4) is 0 Å². The predicted octanol–water partition coefficient (Wildman–Crippen LogP) is 5.86. The summed E-state index contributed by atoms with van der Waals surface area (Å²) in [6.07, 6.45) is 4.91. The smallest absolute Gasteiger partial charge is 0.257 e. The van der Waals surface area contributed by atoms with Gasteiger partial charge in [0.1, 0.15) is 5.82 Å². The first-order chi connectivity index (χ1) is 17.9. The summed E-state index contributed by atoms with van der Waals surface area (Å²) in [4.78, 5) is 14.6. The van der Waals surface area contributed by atoms with Crippen LogP contribution in [0.2, 0.25) is 0 Å². The zero-order chi connectivity index (χ0) is 25.8.